The van der Waals surface area contributed by atoms with Crippen LogP contribution in [0.2, 0.25) is 0 Å². The van der Waals surface area contributed by atoms with Gasteiger partial charge in [0.2, 0.25) is 11.9 Å². The average molecular weight is 222 g/mol. The quantitative estimate of drug-likeness (QED) is 0.527. The van der Waals surface area contributed by atoms with Gasteiger partial charge in [0.15, 0.2) is 0 Å². The maximum absolute atomic E-state index is 11.0. The van der Waals surface area contributed by atoms with Crippen molar-refractivity contribution in [3.05, 3.63) is 6.07 Å². The molecule has 1 aromatic rings. The number of amides is 1. The number of nitrogen functional groups attached to an aromatic ring is 2. The van der Waals surface area contributed by atoms with Crippen LogP contribution in [0.4, 0.5) is 17.6 Å². The summed E-state index contributed by atoms with van der Waals surface area (Å²) in [5.74, 6) is 1.14. The molecule has 1 amide bonds. The Bertz CT molecular complexity index is 377. The van der Waals surface area contributed by atoms with E-state index < -0.39 is 0 Å². The number of carbonyl (C=O) groups is 1. The smallest absolute Gasteiger partial charge is 0.223 e. The molecular weight excluding hydrogens is 208 g/mol. The van der Waals surface area contributed by atoms with E-state index >= 15 is 0 Å². The van der Waals surface area contributed by atoms with E-state index in [9.17, 15) is 4.79 Å². The largest absolute Gasteiger partial charge is 0.383 e. The van der Waals surface area contributed by atoms with E-state index in [0.29, 0.717) is 24.6 Å². The van der Waals surface area contributed by atoms with E-state index in [1.165, 1.54) is 0 Å². The molecule has 1 atom stereocenters. The molecule has 7 heteroatoms. The summed E-state index contributed by atoms with van der Waals surface area (Å²) in [5, 5.41) is 5.93. The Kier molecular flexibility index (Phi) is 2.76. The lowest BCUT2D eigenvalue weighted by atomic mass is 10.1. The van der Waals surface area contributed by atoms with Crippen LogP contribution in [0.25, 0.3) is 0 Å². The molecule has 7 nitrogen and oxygen atoms in total. The summed E-state index contributed by atoms with van der Waals surface area (Å²) in [4.78, 5) is 18.7. The minimum Gasteiger partial charge on any atom is -0.383 e. The summed E-state index contributed by atoms with van der Waals surface area (Å²) < 4.78 is 0. The van der Waals surface area contributed by atoms with Gasteiger partial charge >= 0.3 is 0 Å². The van der Waals surface area contributed by atoms with Crippen molar-refractivity contribution in [2.75, 3.05) is 23.3 Å². The van der Waals surface area contributed by atoms with Crippen LogP contribution in [0.15, 0.2) is 6.07 Å². The van der Waals surface area contributed by atoms with Crippen LogP contribution >= 0.6 is 0 Å². The van der Waals surface area contributed by atoms with Crippen molar-refractivity contribution in [2.24, 2.45) is 0 Å². The molecule has 1 unspecified atom stereocenters. The molecule has 16 heavy (non-hydrogen) atoms. The second-order valence-corrected chi connectivity index (χ2v) is 3.72. The third kappa shape index (κ3) is 2.50. The van der Waals surface area contributed by atoms with E-state index in [2.05, 4.69) is 20.6 Å². The third-order valence-electron chi connectivity index (χ3n) is 2.38. The normalized spacial score (nSPS) is 20.2. The van der Waals surface area contributed by atoms with Crippen LogP contribution in [0.3, 0.4) is 0 Å². The van der Waals surface area contributed by atoms with E-state index in [1.807, 2.05) is 0 Å². The summed E-state index contributed by atoms with van der Waals surface area (Å²) in [6.07, 6.45) is 1.30. The zero-order valence-corrected chi connectivity index (χ0v) is 8.73. The molecule has 0 radical (unpaired) electrons. The standard InChI is InChI=1S/C9H14N6O/c10-6-3-7(15-9(11)14-6)13-5-1-2-8(16)12-4-5/h3,5H,1-2,4H2,(H,12,16)(H5,10,11,13,14,15). The van der Waals surface area contributed by atoms with Gasteiger partial charge in [-0.2, -0.15) is 9.97 Å². The zero-order valence-electron chi connectivity index (χ0n) is 8.73. The van der Waals surface area contributed by atoms with Gasteiger partial charge in [-0.25, -0.2) is 0 Å². The van der Waals surface area contributed by atoms with Crippen molar-refractivity contribution in [2.45, 2.75) is 18.9 Å². The van der Waals surface area contributed by atoms with Crippen molar-refractivity contribution in [1.82, 2.24) is 15.3 Å². The van der Waals surface area contributed by atoms with Crippen LogP contribution in [0.5, 0.6) is 0 Å². The molecule has 2 heterocycles. The highest BCUT2D eigenvalue weighted by Crippen LogP contribution is 2.13. The molecule has 0 aromatic carbocycles. The zero-order chi connectivity index (χ0) is 11.5. The van der Waals surface area contributed by atoms with Crippen LogP contribution in [-0.2, 0) is 4.79 Å². The predicted molar refractivity (Wildman–Crippen MR) is 60.5 cm³/mol. The number of carbonyl (C=O) groups excluding carboxylic acids is 1. The number of aromatic nitrogens is 2. The Morgan fingerprint density at radius 1 is 1.44 bits per heavy atom. The first-order valence-corrected chi connectivity index (χ1v) is 5.07. The number of nitrogens with one attached hydrogen (secondary N) is 2. The van der Waals surface area contributed by atoms with Crippen molar-refractivity contribution in [3.63, 3.8) is 0 Å². The van der Waals surface area contributed by atoms with Gasteiger partial charge in [-0.3, -0.25) is 4.79 Å². The van der Waals surface area contributed by atoms with E-state index in [1.54, 1.807) is 6.07 Å². The van der Waals surface area contributed by atoms with Crippen molar-refractivity contribution >= 4 is 23.5 Å². The molecule has 0 bridgehead atoms. The van der Waals surface area contributed by atoms with Gasteiger partial charge in [0.1, 0.15) is 11.6 Å². The minimum absolute atomic E-state index is 0.0831. The van der Waals surface area contributed by atoms with Gasteiger partial charge in [0.25, 0.3) is 0 Å². The molecule has 0 spiro atoms. The Morgan fingerprint density at radius 3 is 2.88 bits per heavy atom. The lowest BCUT2D eigenvalue weighted by Crippen LogP contribution is -2.42. The molecule has 1 saturated heterocycles. The molecule has 1 aliphatic rings. The third-order valence-corrected chi connectivity index (χ3v) is 2.38. The summed E-state index contributed by atoms with van der Waals surface area (Å²) >= 11 is 0. The number of rotatable bonds is 2. The number of nitrogens with zero attached hydrogens (tertiary/aromatic N) is 2. The van der Waals surface area contributed by atoms with Gasteiger partial charge in [-0.15, -0.1) is 0 Å². The van der Waals surface area contributed by atoms with Gasteiger partial charge < -0.3 is 22.1 Å². The summed E-state index contributed by atoms with van der Waals surface area (Å²) in [6.45, 7) is 0.586. The first-order chi connectivity index (χ1) is 7.63. The Morgan fingerprint density at radius 2 is 2.25 bits per heavy atom. The van der Waals surface area contributed by atoms with Gasteiger partial charge in [0, 0.05) is 25.1 Å². The van der Waals surface area contributed by atoms with Crippen LogP contribution in [0.1, 0.15) is 12.8 Å². The number of anilines is 3. The molecule has 0 saturated carbocycles. The predicted octanol–water partition coefficient (Wildman–Crippen LogP) is -0.669. The average Bonchev–Trinajstić information content (AvgIpc) is 2.20. The fourth-order valence-electron chi connectivity index (χ4n) is 1.62. The molecular formula is C9H14N6O. The fraction of sp³-hybridized carbons (Fsp3) is 0.444. The molecule has 2 rings (SSSR count). The van der Waals surface area contributed by atoms with Gasteiger partial charge in [-0.05, 0) is 6.42 Å². The van der Waals surface area contributed by atoms with Gasteiger partial charge in [0.05, 0.1) is 0 Å². The lowest BCUT2D eigenvalue weighted by molar-refractivity contribution is -0.122. The van der Waals surface area contributed by atoms with Gasteiger partial charge in [-0.1, -0.05) is 0 Å². The first-order valence-electron chi connectivity index (χ1n) is 5.07. The number of hydrogen-bond donors (Lipinski definition) is 4. The summed E-state index contributed by atoms with van der Waals surface area (Å²) in [5.41, 5.74) is 11.0. The molecule has 86 valence electrons. The Labute approximate surface area is 92.6 Å². The Hall–Kier alpha value is -2.05. The minimum atomic E-state index is 0.0831. The first kappa shape index (κ1) is 10.5. The number of nitrogens with two attached hydrogens (primary N) is 2. The number of piperidine rings is 1. The lowest BCUT2D eigenvalue weighted by Gasteiger charge is -2.23. The van der Waals surface area contributed by atoms with Crippen LogP contribution in [-0.4, -0.2) is 28.5 Å². The topological polar surface area (TPSA) is 119 Å². The van der Waals surface area contributed by atoms with Crippen molar-refractivity contribution in [3.8, 4) is 0 Å². The highest BCUT2D eigenvalue weighted by molar-refractivity contribution is 5.77. The monoisotopic (exact) mass is 222 g/mol. The highest BCUT2D eigenvalue weighted by atomic mass is 16.1. The summed E-state index contributed by atoms with van der Waals surface area (Å²) in [6, 6.07) is 1.78. The molecule has 6 N–H and O–H groups in total. The molecule has 1 aromatic heterocycles. The number of hydrogen-bond acceptors (Lipinski definition) is 6. The van der Waals surface area contributed by atoms with E-state index in [-0.39, 0.29) is 17.9 Å². The van der Waals surface area contributed by atoms with Crippen LogP contribution < -0.4 is 22.1 Å². The van der Waals surface area contributed by atoms with Crippen molar-refractivity contribution < 1.29 is 4.79 Å². The van der Waals surface area contributed by atoms with E-state index in [0.717, 1.165) is 6.42 Å². The molecule has 1 fully saturated rings. The second kappa shape index (κ2) is 4.21. The van der Waals surface area contributed by atoms with E-state index in [4.69, 9.17) is 11.5 Å². The maximum Gasteiger partial charge on any atom is 0.223 e. The second-order valence-electron chi connectivity index (χ2n) is 3.72. The van der Waals surface area contributed by atoms with Crippen molar-refractivity contribution in [1.29, 1.82) is 0 Å². The van der Waals surface area contributed by atoms with Crippen LogP contribution in [0, 0.1) is 0 Å². The Balaban J connectivity index is 2.00. The maximum atomic E-state index is 11.0. The molecule has 0 aliphatic carbocycles. The molecule has 1 aliphatic heterocycles. The summed E-state index contributed by atoms with van der Waals surface area (Å²) in [7, 11) is 0. The SMILES string of the molecule is Nc1cc(NC2CCC(=O)NC2)nc(N)n1. The fourth-order valence-corrected chi connectivity index (χ4v) is 1.62. The highest BCUT2D eigenvalue weighted by Gasteiger charge is 2.18.